The first-order valence-corrected chi connectivity index (χ1v) is 5.39. The fraction of sp³-hybridized carbons (Fsp3) is 0.364. The fourth-order valence-electron chi connectivity index (χ4n) is 1.14. The molecule has 2 nitrogen and oxygen atoms in total. The summed E-state index contributed by atoms with van der Waals surface area (Å²) >= 11 is 11.6. The van der Waals surface area contributed by atoms with E-state index in [1.165, 1.54) is 0 Å². The van der Waals surface area contributed by atoms with E-state index < -0.39 is 0 Å². The minimum absolute atomic E-state index is 0. The third-order valence-electron chi connectivity index (χ3n) is 2.03. The van der Waals surface area contributed by atoms with Gasteiger partial charge in [-0.25, -0.2) is 0 Å². The summed E-state index contributed by atoms with van der Waals surface area (Å²) in [4.78, 5) is 13.7. The van der Waals surface area contributed by atoms with Crippen LogP contribution >= 0.6 is 35.6 Å². The summed E-state index contributed by atoms with van der Waals surface area (Å²) in [5.74, 6) is 0.0854. The highest BCUT2D eigenvalue weighted by molar-refractivity contribution is 6.42. The molecule has 0 radical (unpaired) electrons. The third-order valence-corrected chi connectivity index (χ3v) is 2.77. The number of Topliss-reactive ketones (excluding diaryl/α,β-unsaturated/α-hetero) is 1. The van der Waals surface area contributed by atoms with Crippen molar-refractivity contribution in [2.45, 2.75) is 6.42 Å². The summed E-state index contributed by atoms with van der Waals surface area (Å²) in [6.45, 7) is 0.735. The Bertz CT molecular complexity index is 366. The Morgan fingerprint density at radius 3 is 2.38 bits per heavy atom. The van der Waals surface area contributed by atoms with Crippen LogP contribution in [0.3, 0.4) is 0 Å². The summed E-state index contributed by atoms with van der Waals surface area (Å²) in [5.41, 5.74) is 0.617. The van der Waals surface area contributed by atoms with E-state index in [1.807, 2.05) is 19.0 Å². The van der Waals surface area contributed by atoms with Gasteiger partial charge in [0.2, 0.25) is 0 Å². The maximum atomic E-state index is 11.7. The highest BCUT2D eigenvalue weighted by Crippen LogP contribution is 2.23. The number of hydrogen-bond donors (Lipinski definition) is 0. The maximum Gasteiger partial charge on any atom is 0.164 e. The zero-order valence-corrected chi connectivity index (χ0v) is 11.5. The second-order valence-corrected chi connectivity index (χ2v) is 4.42. The number of halogens is 3. The van der Waals surface area contributed by atoms with E-state index in [4.69, 9.17) is 23.2 Å². The van der Waals surface area contributed by atoms with Crippen LogP contribution in [0, 0.1) is 0 Å². The summed E-state index contributed by atoms with van der Waals surface area (Å²) in [5, 5.41) is 0.896. The molecule has 0 bridgehead atoms. The van der Waals surface area contributed by atoms with E-state index >= 15 is 0 Å². The predicted molar refractivity (Wildman–Crippen MR) is 71.2 cm³/mol. The normalized spacial score (nSPS) is 10.1. The van der Waals surface area contributed by atoms with Gasteiger partial charge < -0.3 is 4.90 Å². The zero-order valence-electron chi connectivity index (χ0n) is 9.17. The van der Waals surface area contributed by atoms with Crippen molar-refractivity contribution in [2.24, 2.45) is 0 Å². The largest absolute Gasteiger partial charge is 0.309 e. The number of nitrogens with zero attached hydrogens (tertiary/aromatic N) is 1. The number of benzene rings is 1. The van der Waals surface area contributed by atoms with Crippen molar-refractivity contribution in [3.8, 4) is 0 Å². The lowest BCUT2D eigenvalue weighted by molar-refractivity contribution is 0.0972. The fourth-order valence-corrected chi connectivity index (χ4v) is 1.44. The van der Waals surface area contributed by atoms with Crippen molar-refractivity contribution in [1.29, 1.82) is 0 Å². The van der Waals surface area contributed by atoms with Gasteiger partial charge in [-0.2, -0.15) is 0 Å². The SMILES string of the molecule is CN(C)CCC(=O)c1ccc(Cl)c(Cl)c1.Cl. The van der Waals surface area contributed by atoms with Crippen LogP contribution in [-0.2, 0) is 0 Å². The lowest BCUT2D eigenvalue weighted by atomic mass is 10.1. The van der Waals surface area contributed by atoms with Gasteiger partial charge in [0, 0.05) is 18.5 Å². The molecule has 0 aliphatic carbocycles. The topological polar surface area (TPSA) is 20.3 Å². The zero-order chi connectivity index (χ0) is 11.4. The summed E-state index contributed by atoms with van der Waals surface area (Å²) < 4.78 is 0. The molecule has 0 N–H and O–H groups in total. The third kappa shape index (κ3) is 4.71. The van der Waals surface area contributed by atoms with Crippen LogP contribution < -0.4 is 0 Å². The van der Waals surface area contributed by atoms with Gasteiger partial charge in [0.05, 0.1) is 10.0 Å². The van der Waals surface area contributed by atoms with Gasteiger partial charge in [-0.05, 0) is 32.3 Å². The molecule has 0 fully saturated rings. The molecule has 0 unspecified atom stereocenters. The van der Waals surface area contributed by atoms with Crippen LogP contribution in [0.25, 0.3) is 0 Å². The summed E-state index contributed by atoms with van der Waals surface area (Å²) in [6.07, 6.45) is 0.491. The van der Waals surface area contributed by atoms with Crippen LogP contribution in [0.4, 0.5) is 0 Å². The van der Waals surface area contributed by atoms with E-state index in [0.717, 1.165) is 6.54 Å². The average Bonchev–Trinajstić information content (AvgIpc) is 2.18. The number of rotatable bonds is 4. The highest BCUT2D eigenvalue weighted by atomic mass is 35.5. The highest BCUT2D eigenvalue weighted by Gasteiger charge is 2.08. The number of carbonyl (C=O) groups excluding carboxylic acids is 1. The Morgan fingerprint density at radius 2 is 1.88 bits per heavy atom. The Labute approximate surface area is 112 Å². The van der Waals surface area contributed by atoms with E-state index in [9.17, 15) is 4.79 Å². The summed E-state index contributed by atoms with van der Waals surface area (Å²) in [7, 11) is 3.87. The lowest BCUT2D eigenvalue weighted by Crippen LogP contribution is -2.16. The van der Waals surface area contributed by atoms with E-state index in [0.29, 0.717) is 22.0 Å². The van der Waals surface area contributed by atoms with Crippen molar-refractivity contribution < 1.29 is 4.79 Å². The van der Waals surface area contributed by atoms with Gasteiger partial charge in [-0.3, -0.25) is 4.79 Å². The van der Waals surface area contributed by atoms with Gasteiger partial charge in [-0.15, -0.1) is 12.4 Å². The molecular formula is C11H14Cl3NO. The molecule has 0 amide bonds. The standard InChI is InChI=1S/C11H13Cl2NO.ClH/c1-14(2)6-5-11(15)8-3-4-9(12)10(13)7-8;/h3-4,7H,5-6H2,1-2H3;1H. The smallest absolute Gasteiger partial charge is 0.164 e. The van der Waals surface area contributed by atoms with Gasteiger partial charge in [0.25, 0.3) is 0 Å². The minimum Gasteiger partial charge on any atom is -0.309 e. The molecule has 0 saturated carbocycles. The number of hydrogen-bond acceptors (Lipinski definition) is 2. The molecule has 0 aliphatic heterocycles. The molecular weight excluding hydrogens is 268 g/mol. The molecule has 0 spiro atoms. The second-order valence-electron chi connectivity index (χ2n) is 3.61. The second kappa shape index (κ2) is 7.13. The monoisotopic (exact) mass is 281 g/mol. The molecule has 90 valence electrons. The molecule has 0 atom stereocenters. The van der Waals surface area contributed by atoms with Gasteiger partial charge >= 0.3 is 0 Å². The van der Waals surface area contributed by atoms with Crippen LogP contribution in [0.2, 0.25) is 10.0 Å². The molecule has 0 aromatic heterocycles. The van der Waals surface area contributed by atoms with Gasteiger partial charge in [0.1, 0.15) is 0 Å². The first-order valence-electron chi connectivity index (χ1n) is 4.63. The first-order chi connectivity index (χ1) is 7.00. The minimum atomic E-state index is 0. The molecule has 1 rings (SSSR count). The average molecular weight is 283 g/mol. The molecule has 0 heterocycles. The molecule has 5 heteroatoms. The Morgan fingerprint density at radius 1 is 1.25 bits per heavy atom. The number of carbonyl (C=O) groups is 1. The molecule has 0 aliphatic rings. The van der Waals surface area contributed by atoms with Gasteiger partial charge in [-0.1, -0.05) is 23.2 Å². The van der Waals surface area contributed by atoms with Crippen LogP contribution in [0.5, 0.6) is 0 Å². The molecule has 16 heavy (non-hydrogen) atoms. The molecule has 0 saturated heterocycles. The summed E-state index contributed by atoms with van der Waals surface area (Å²) in [6, 6.07) is 4.96. The van der Waals surface area contributed by atoms with Crippen molar-refractivity contribution in [2.75, 3.05) is 20.6 Å². The van der Waals surface area contributed by atoms with Crippen molar-refractivity contribution in [3.05, 3.63) is 33.8 Å². The molecule has 1 aromatic rings. The van der Waals surface area contributed by atoms with Crippen LogP contribution in [0.1, 0.15) is 16.8 Å². The maximum absolute atomic E-state index is 11.7. The quantitative estimate of drug-likeness (QED) is 0.787. The Balaban J connectivity index is 0.00000225. The lowest BCUT2D eigenvalue weighted by Gasteiger charge is -2.08. The van der Waals surface area contributed by atoms with Gasteiger partial charge in [0.15, 0.2) is 5.78 Å². The van der Waals surface area contributed by atoms with E-state index in [2.05, 4.69) is 0 Å². The van der Waals surface area contributed by atoms with Crippen molar-refractivity contribution in [3.63, 3.8) is 0 Å². The Kier molecular flexibility index (Phi) is 7.00. The van der Waals surface area contributed by atoms with E-state index in [1.54, 1.807) is 18.2 Å². The molecule has 1 aromatic carbocycles. The van der Waals surface area contributed by atoms with Crippen LogP contribution in [-0.4, -0.2) is 31.3 Å². The number of ketones is 1. The van der Waals surface area contributed by atoms with Crippen LogP contribution in [0.15, 0.2) is 18.2 Å². The van der Waals surface area contributed by atoms with Crippen molar-refractivity contribution in [1.82, 2.24) is 4.90 Å². The Hall–Kier alpha value is -0.280. The van der Waals surface area contributed by atoms with E-state index in [-0.39, 0.29) is 18.2 Å². The first kappa shape index (κ1) is 15.7. The van der Waals surface area contributed by atoms with Crippen molar-refractivity contribution >= 4 is 41.4 Å². The predicted octanol–water partition coefficient (Wildman–Crippen LogP) is 3.55.